The molecule has 4 aliphatic carbocycles. The van der Waals surface area contributed by atoms with Gasteiger partial charge in [0.25, 0.3) is 0 Å². The molecule has 0 unspecified atom stereocenters. The minimum atomic E-state index is 0.218. The van der Waals surface area contributed by atoms with Crippen LogP contribution in [0.2, 0.25) is 0 Å². The minimum absolute atomic E-state index is 0.218. The maximum Gasteiger partial charge on any atom is 0.133 e. The van der Waals surface area contributed by atoms with Gasteiger partial charge in [-0.3, -0.25) is 9.59 Å². The Morgan fingerprint density at radius 1 is 0.958 bits per heavy atom. The van der Waals surface area contributed by atoms with Gasteiger partial charge in [-0.05, 0) is 85.9 Å². The van der Waals surface area contributed by atoms with Crippen LogP contribution in [0.25, 0.3) is 0 Å². The lowest BCUT2D eigenvalue weighted by Gasteiger charge is -2.64. The quantitative estimate of drug-likeness (QED) is 0.662. The Kier molecular flexibility index (Phi) is 3.62. The molecular weight excluding hydrogens is 296 g/mol. The standard InChI is InChI=1S/C22H34O2/c1-14(23)17-5-6-18-16-8-10-20(2)13-15(24)7-12-22(20,4)19(16)9-11-21(17,18)3/h16-19H,5-13H2,1-4H3/t16-,17+,18-,19-,20-,21+,22+/m0/s1. The number of ketones is 2. The highest BCUT2D eigenvalue weighted by atomic mass is 16.1. The van der Waals surface area contributed by atoms with Crippen molar-refractivity contribution in [2.24, 2.45) is 39.9 Å². The first-order valence-electron chi connectivity index (χ1n) is 10.2. The Bertz CT molecular complexity index is 581. The van der Waals surface area contributed by atoms with E-state index in [4.69, 9.17) is 0 Å². The average molecular weight is 331 g/mol. The summed E-state index contributed by atoms with van der Waals surface area (Å²) in [4.78, 5) is 24.3. The smallest absolute Gasteiger partial charge is 0.133 e. The summed E-state index contributed by atoms with van der Waals surface area (Å²) >= 11 is 0. The van der Waals surface area contributed by atoms with Crippen molar-refractivity contribution in [2.45, 2.75) is 85.5 Å². The summed E-state index contributed by atoms with van der Waals surface area (Å²) in [5.41, 5.74) is 0.802. The first-order valence-corrected chi connectivity index (χ1v) is 10.2. The Morgan fingerprint density at radius 2 is 1.71 bits per heavy atom. The Morgan fingerprint density at radius 3 is 2.42 bits per heavy atom. The zero-order valence-corrected chi connectivity index (χ0v) is 16.0. The summed E-state index contributed by atoms with van der Waals surface area (Å²) in [6, 6.07) is 0. The third kappa shape index (κ3) is 2.01. The monoisotopic (exact) mass is 330 g/mol. The molecule has 4 saturated carbocycles. The van der Waals surface area contributed by atoms with Crippen LogP contribution >= 0.6 is 0 Å². The number of fused-ring (bicyclic) bond motifs is 5. The number of rotatable bonds is 1. The molecule has 0 amide bonds. The Balaban J connectivity index is 1.66. The van der Waals surface area contributed by atoms with Gasteiger partial charge in [-0.2, -0.15) is 0 Å². The molecule has 4 fully saturated rings. The van der Waals surface area contributed by atoms with Crippen LogP contribution in [0.15, 0.2) is 0 Å². The number of carbonyl (C=O) groups is 2. The van der Waals surface area contributed by atoms with Gasteiger partial charge < -0.3 is 0 Å². The maximum absolute atomic E-state index is 12.2. The highest BCUT2D eigenvalue weighted by Gasteiger charge is 2.63. The van der Waals surface area contributed by atoms with Gasteiger partial charge in [-0.25, -0.2) is 0 Å². The summed E-state index contributed by atoms with van der Waals surface area (Å²) in [5, 5.41) is 0. The molecule has 4 rings (SSSR count). The molecule has 0 aliphatic heterocycles. The van der Waals surface area contributed by atoms with Crippen molar-refractivity contribution >= 4 is 11.6 Å². The molecule has 0 N–H and O–H groups in total. The fraction of sp³-hybridized carbons (Fsp3) is 0.909. The third-order valence-electron chi connectivity index (χ3n) is 9.66. The van der Waals surface area contributed by atoms with Crippen LogP contribution in [0, 0.1) is 39.9 Å². The first-order chi connectivity index (χ1) is 11.2. The van der Waals surface area contributed by atoms with Crippen LogP contribution < -0.4 is 0 Å². The van der Waals surface area contributed by atoms with Crippen LogP contribution in [0.5, 0.6) is 0 Å². The summed E-state index contributed by atoms with van der Waals surface area (Å²) < 4.78 is 0. The molecule has 24 heavy (non-hydrogen) atoms. The van der Waals surface area contributed by atoms with Gasteiger partial charge in [0.1, 0.15) is 11.6 Å². The maximum atomic E-state index is 12.2. The van der Waals surface area contributed by atoms with Crippen molar-refractivity contribution in [3.05, 3.63) is 0 Å². The molecule has 7 atom stereocenters. The van der Waals surface area contributed by atoms with Crippen molar-refractivity contribution in [3.63, 3.8) is 0 Å². The molecule has 2 heteroatoms. The molecule has 0 heterocycles. The zero-order chi connectivity index (χ0) is 17.3. The van der Waals surface area contributed by atoms with Gasteiger partial charge in [0.2, 0.25) is 0 Å². The Hall–Kier alpha value is -0.660. The molecule has 0 spiro atoms. The van der Waals surface area contributed by atoms with Crippen LogP contribution in [0.3, 0.4) is 0 Å². The summed E-state index contributed by atoms with van der Waals surface area (Å²) in [7, 11) is 0. The van der Waals surface area contributed by atoms with E-state index in [1.54, 1.807) is 0 Å². The third-order valence-corrected chi connectivity index (χ3v) is 9.66. The normalized spacial score (nSPS) is 53.9. The van der Waals surface area contributed by atoms with Gasteiger partial charge in [0.15, 0.2) is 0 Å². The SMILES string of the molecule is CC(=O)[C@H]1CC[C@H]2[C@@H]3CC[C@@]4(C)CC(=O)CC[C@]4(C)[C@H]3CC[C@]12C. The lowest BCUT2D eigenvalue weighted by molar-refractivity contribution is -0.164. The number of hydrogen-bond donors (Lipinski definition) is 0. The second-order valence-electron chi connectivity index (χ2n) is 10.4. The van der Waals surface area contributed by atoms with Crippen LogP contribution in [0.4, 0.5) is 0 Å². The Labute approximate surface area is 147 Å². The predicted octanol–water partition coefficient (Wildman–Crippen LogP) is 5.19. The molecular formula is C22H34O2. The molecule has 0 radical (unpaired) electrons. The highest BCUT2D eigenvalue weighted by molar-refractivity contribution is 5.80. The van der Waals surface area contributed by atoms with E-state index in [1.165, 1.54) is 32.1 Å². The van der Waals surface area contributed by atoms with Gasteiger partial charge in [-0.1, -0.05) is 20.8 Å². The average Bonchev–Trinajstić information content (AvgIpc) is 2.86. The van der Waals surface area contributed by atoms with Crippen molar-refractivity contribution < 1.29 is 9.59 Å². The van der Waals surface area contributed by atoms with E-state index < -0.39 is 0 Å². The van der Waals surface area contributed by atoms with Gasteiger partial charge in [-0.15, -0.1) is 0 Å². The highest BCUT2D eigenvalue weighted by Crippen LogP contribution is 2.70. The van der Waals surface area contributed by atoms with Crippen molar-refractivity contribution in [2.75, 3.05) is 0 Å². The molecule has 4 aliphatic rings. The molecule has 0 aromatic heterocycles. The number of hydrogen-bond acceptors (Lipinski definition) is 2. The summed E-state index contributed by atoms with van der Waals surface area (Å²) in [5.74, 6) is 3.52. The molecule has 2 nitrogen and oxygen atoms in total. The topological polar surface area (TPSA) is 34.1 Å². The summed E-state index contributed by atoms with van der Waals surface area (Å²) in [6.45, 7) is 9.15. The van der Waals surface area contributed by atoms with Gasteiger partial charge in [0, 0.05) is 18.8 Å². The van der Waals surface area contributed by atoms with Gasteiger partial charge >= 0.3 is 0 Å². The second-order valence-corrected chi connectivity index (χ2v) is 10.4. The van der Waals surface area contributed by atoms with E-state index in [0.29, 0.717) is 22.9 Å². The van der Waals surface area contributed by atoms with Crippen LogP contribution in [-0.2, 0) is 9.59 Å². The van der Waals surface area contributed by atoms with Crippen molar-refractivity contribution in [3.8, 4) is 0 Å². The first kappa shape index (κ1) is 16.8. The van der Waals surface area contributed by atoms with Crippen molar-refractivity contribution in [1.82, 2.24) is 0 Å². The van der Waals surface area contributed by atoms with E-state index in [2.05, 4.69) is 20.8 Å². The number of Topliss-reactive ketones (excluding diaryl/α,β-unsaturated/α-hetero) is 2. The van der Waals surface area contributed by atoms with Crippen LogP contribution in [0.1, 0.15) is 85.5 Å². The van der Waals surface area contributed by atoms with Gasteiger partial charge in [0.05, 0.1) is 0 Å². The number of carbonyl (C=O) groups excluding carboxylic acids is 2. The summed E-state index contributed by atoms with van der Waals surface area (Å²) in [6.07, 6.45) is 10.1. The van der Waals surface area contributed by atoms with E-state index >= 15 is 0 Å². The van der Waals surface area contributed by atoms with E-state index in [-0.39, 0.29) is 10.8 Å². The zero-order valence-electron chi connectivity index (χ0n) is 16.0. The minimum Gasteiger partial charge on any atom is -0.300 e. The molecule has 0 bridgehead atoms. The van der Waals surface area contributed by atoms with E-state index in [0.717, 1.165) is 43.4 Å². The lowest BCUT2D eigenvalue weighted by atomic mass is 9.40. The lowest BCUT2D eigenvalue weighted by Crippen LogP contribution is -2.57. The molecule has 0 aromatic rings. The predicted molar refractivity (Wildman–Crippen MR) is 95.5 cm³/mol. The largest absolute Gasteiger partial charge is 0.300 e. The van der Waals surface area contributed by atoms with E-state index in [9.17, 15) is 9.59 Å². The van der Waals surface area contributed by atoms with Crippen LogP contribution in [-0.4, -0.2) is 11.6 Å². The van der Waals surface area contributed by atoms with E-state index in [1.807, 2.05) is 6.92 Å². The fourth-order valence-electron chi connectivity index (χ4n) is 8.07. The van der Waals surface area contributed by atoms with Crippen molar-refractivity contribution in [1.29, 1.82) is 0 Å². The molecule has 0 aromatic carbocycles. The second kappa shape index (κ2) is 5.17. The fourth-order valence-corrected chi connectivity index (χ4v) is 8.07. The molecule has 0 saturated heterocycles. The molecule has 134 valence electrons.